The molecule has 2 aromatic heterocycles. The van der Waals surface area contributed by atoms with Gasteiger partial charge < -0.3 is 0 Å². The lowest BCUT2D eigenvalue weighted by Gasteiger charge is -2.04. The zero-order valence-electron chi connectivity index (χ0n) is 9.71. The van der Waals surface area contributed by atoms with Crippen LogP contribution in [0, 0.1) is 18.3 Å². The smallest absolute Gasteiger partial charge is 0.263 e. The molecule has 0 spiro atoms. The lowest BCUT2D eigenvalue weighted by molar-refractivity contribution is 0.603. The molecule has 0 saturated heterocycles. The van der Waals surface area contributed by atoms with Crippen molar-refractivity contribution in [3.05, 3.63) is 39.9 Å². The molecule has 19 heavy (non-hydrogen) atoms. The van der Waals surface area contributed by atoms with Crippen LogP contribution < -0.4 is 4.72 Å². The second-order valence-electron chi connectivity index (χ2n) is 3.67. The van der Waals surface area contributed by atoms with Crippen LogP contribution in [-0.4, -0.2) is 13.4 Å². The first kappa shape index (κ1) is 13.8. The summed E-state index contributed by atoms with van der Waals surface area (Å²) in [6.45, 7) is 1.73. The van der Waals surface area contributed by atoms with Gasteiger partial charge >= 0.3 is 0 Å². The second kappa shape index (κ2) is 5.17. The third-order valence-corrected chi connectivity index (χ3v) is 5.61. The number of nitriles is 1. The fraction of sp³-hybridized carbons (Fsp3) is 0.0909. The number of aromatic nitrogens is 1. The van der Waals surface area contributed by atoms with Gasteiger partial charge in [0, 0.05) is 6.20 Å². The summed E-state index contributed by atoms with van der Waals surface area (Å²) < 4.78 is 27.0. The molecule has 0 atom stereocenters. The lowest BCUT2D eigenvalue weighted by Crippen LogP contribution is -2.12. The van der Waals surface area contributed by atoms with Crippen molar-refractivity contribution in [3.63, 3.8) is 0 Å². The SMILES string of the molecule is Cc1cc(S(=O)(=O)Nc2ccc(C#N)cn2)sc1Cl. The number of hydrogen-bond donors (Lipinski definition) is 1. The Kier molecular flexibility index (Phi) is 3.75. The number of halogens is 1. The molecule has 0 unspecified atom stereocenters. The number of nitrogens with one attached hydrogen (secondary N) is 1. The summed E-state index contributed by atoms with van der Waals surface area (Å²) in [5, 5.41) is 8.63. The molecule has 0 aliphatic heterocycles. The largest absolute Gasteiger partial charge is 0.272 e. The van der Waals surface area contributed by atoms with Gasteiger partial charge in [-0.25, -0.2) is 13.4 Å². The molecule has 2 aromatic rings. The molecule has 0 aliphatic rings. The van der Waals surface area contributed by atoms with E-state index in [1.807, 2.05) is 6.07 Å². The Bertz CT molecular complexity index is 726. The van der Waals surface area contributed by atoms with E-state index in [1.165, 1.54) is 24.4 Å². The molecule has 8 heteroatoms. The van der Waals surface area contributed by atoms with E-state index in [-0.39, 0.29) is 10.0 Å². The van der Waals surface area contributed by atoms with Gasteiger partial charge in [-0.3, -0.25) is 4.72 Å². The predicted molar refractivity (Wildman–Crippen MR) is 73.8 cm³/mol. The molecule has 0 radical (unpaired) electrons. The summed E-state index contributed by atoms with van der Waals surface area (Å²) in [6.07, 6.45) is 1.30. The standard InChI is InChI=1S/C11H8ClN3O2S2/c1-7-4-10(18-11(7)12)19(16,17)15-9-3-2-8(5-13)6-14-9/h2-4,6H,1H3,(H,14,15). The Morgan fingerprint density at radius 1 is 1.47 bits per heavy atom. The van der Waals surface area contributed by atoms with Gasteiger partial charge in [-0.1, -0.05) is 11.6 Å². The highest BCUT2D eigenvalue weighted by atomic mass is 35.5. The number of anilines is 1. The van der Waals surface area contributed by atoms with Gasteiger partial charge in [-0.15, -0.1) is 11.3 Å². The quantitative estimate of drug-likeness (QED) is 0.944. The van der Waals surface area contributed by atoms with E-state index in [2.05, 4.69) is 9.71 Å². The monoisotopic (exact) mass is 313 g/mol. The van der Waals surface area contributed by atoms with E-state index in [1.54, 1.807) is 6.92 Å². The Morgan fingerprint density at radius 2 is 2.21 bits per heavy atom. The molecule has 2 heterocycles. The van der Waals surface area contributed by atoms with Crippen LogP contribution in [0.5, 0.6) is 0 Å². The average molecular weight is 314 g/mol. The van der Waals surface area contributed by atoms with E-state index in [4.69, 9.17) is 16.9 Å². The number of aryl methyl sites for hydroxylation is 1. The van der Waals surface area contributed by atoms with Crippen molar-refractivity contribution in [1.29, 1.82) is 5.26 Å². The molecule has 0 bridgehead atoms. The van der Waals surface area contributed by atoms with Crippen LogP contribution in [0.4, 0.5) is 5.82 Å². The molecule has 1 N–H and O–H groups in total. The lowest BCUT2D eigenvalue weighted by atomic mass is 10.3. The minimum atomic E-state index is -3.70. The van der Waals surface area contributed by atoms with Gasteiger partial charge in [0.25, 0.3) is 10.0 Å². The molecule has 0 aromatic carbocycles. The Hall–Kier alpha value is -1.62. The normalized spacial score (nSPS) is 11.0. The van der Waals surface area contributed by atoms with E-state index < -0.39 is 10.0 Å². The molecule has 0 aliphatic carbocycles. The minimum absolute atomic E-state index is 0.126. The summed E-state index contributed by atoms with van der Waals surface area (Å²) >= 11 is 6.84. The zero-order chi connectivity index (χ0) is 14.0. The number of pyridine rings is 1. The van der Waals surface area contributed by atoms with Crippen molar-refractivity contribution in [2.75, 3.05) is 4.72 Å². The molecule has 0 amide bonds. The molecule has 5 nitrogen and oxygen atoms in total. The van der Waals surface area contributed by atoms with Gasteiger partial charge in [-0.2, -0.15) is 5.26 Å². The first-order valence-corrected chi connectivity index (χ1v) is 7.75. The van der Waals surface area contributed by atoms with Crippen molar-refractivity contribution < 1.29 is 8.42 Å². The first-order valence-electron chi connectivity index (χ1n) is 5.07. The van der Waals surface area contributed by atoms with Gasteiger partial charge in [0.05, 0.1) is 9.90 Å². The van der Waals surface area contributed by atoms with Crippen LogP contribution in [0.25, 0.3) is 0 Å². The molecular formula is C11H8ClN3O2S2. The van der Waals surface area contributed by atoms with Gasteiger partial charge in [0.1, 0.15) is 16.1 Å². The summed E-state index contributed by atoms with van der Waals surface area (Å²) in [7, 11) is -3.70. The van der Waals surface area contributed by atoms with Gasteiger partial charge in [0.15, 0.2) is 0 Å². The van der Waals surface area contributed by atoms with Crippen LogP contribution in [0.2, 0.25) is 4.34 Å². The van der Waals surface area contributed by atoms with Crippen LogP contribution in [-0.2, 0) is 10.0 Å². The number of thiophene rings is 1. The predicted octanol–water partition coefficient (Wildman–Crippen LogP) is 2.78. The van der Waals surface area contributed by atoms with Gasteiger partial charge in [-0.05, 0) is 30.7 Å². The number of hydrogen-bond acceptors (Lipinski definition) is 5. The van der Waals surface area contributed by atoms with Crippen molar-refractivity contribution in [3.8, 4) is 6.07 Å². The van der Waals surface area contributed by atoms with Crippen molar-refractivity contribution in [2.24, 2.45) is 0 Å². The van der Waals surface area contributed by atoms with Crippen molar-refractivity contribution in [2.45, 2.75) is 11.1 Å². The van der Waals surface area contributed by atoms with Crippen molar-refractivity contribution in [1.82, 2.24) is 4.98 Å². The first-order chi connectivity index (χ1) is 8.92. The number of sulfonamides is 1. The molecule has 0 saturated carbocycles. The second-order valence-corrected chi connectivity index (χ2v) is 7.24. The topological polar surface area (TPSA) is 82.9 Å². The molecule has 2 rings (SSSR count). The highest BCUT2D eigenvalue weighted by Crippen LogP contribution is 2.30. The van der Waals surface area contributed by atoms with E-state index in [9.17, 15) is 8.42 Å². The highest BCUT2D eigenvalue weighted by Gasteiger charge is 2.19. The van der Waals surface area contributed by atoms with Crippen molar-refractivity contribution >= 4 is 38.8 Å². The number of rotatable bonds is 3. The zero-order valence-corrected chi connectivity index (χ0v) is 12.1. The Morgan fingerprint density at radius 3 is 2.68 bits per heavy atom. The summed E-state index contributed by atoms with van der Waals surface area (Å²) in [4.78, 5) is 3.85. The maximum Gasteiger partial charge on any atom is 0.272 e. The summed E-state index contributed by atoms with van der Waals surface area (Å²) in [5.41, 5.74) is 1.07. The third-order valence-electron chi connectivity index (χ3n) is 2.23. The maximum atomic E-state index is 12.1. The Labute approximate surface area is 119 Å². The average Bonchev–Trinajstić information content (AvgIpc) is 2.71. The molecule has 0 fully saturated rings. The van der Waals surface area contributed by atoms with E-state index >= 15 is 0 Å². The van der Waals surface area contributed by atoms with Gasteiger partial charge in [0.2, 0.25) is 0 Å². The van der Waals surface area contributed by atoms with Crippen LogP contribution in [0.15, 0.2) is 28.6 Å². The fourth-order valence-corrected chi connectivity index (χ4v) is 3.99. The fourth-order valence-electron chi connectivity index (χ4n) is 1.27. The summed E-state index contributed by atoms with van der Waals surface area (Å²) in [5.74, 6) is 0.154. The molecular weight excluding hydrogens is 306 g/mol. The van der Waals surface area contributed by atoms with Crippen LogP contribution in [0.1, 0.15) is 11.1 Å². The van der Waals surface area contributed by atoms with Crippen LogP contribution in [0.3, 0.4) is 0 Å². The minimum Gasteiger partial charge on any atom is -0.263 e. The number of nitrogens with zero attached hydrogens (tertiary/aromatic N) is 2. The third kappa shape index (κ3) is 3.04. The highest BCUT2D eigenvalue weighted by molar-refractivity contribution is 7.94. The van der Waals surface area contributed by atoms with Crippen LogP contribution >= 0.6 is 22.9 Å². The summed E-state index contributed by atoms with van der Waals surface area (Å²) in [6, 6.07) is 6.32. The Balaban J connectivity index is 2.28. The maximum absolute atomic E-state index is 12.1. The molecule has 98 valence electrons. The van der Waals surface area contributed by atoms with E-state index in [0.717, 1.165) is 11.3 Å². The van der Waals surface area contributed by atoms with E-state index in [0.29, 0.717) is 15.5 Å².